The van der Waals surface area contributed by atoms with Gasteiger partial charge in [0.15, 0.2) is 0 Å². The summed E-state index contributed by atoms with van der Waals surface area (Å²) in [6.45, 7) is 4.91. The number of anilines is 2. The molecule has 0 saturated carbocycles. The smallest absolute Gasteiger partial charge is 0.324 e. The first-order valence-electron chi connectivity index (χ1n) is 11.6. The van der Waals surface area contributed by atoms with Crippen LogP contribution in [-0.4, -0.2) is 27.5 Å². The summed E-state index contributed by atoms with van der Waals surface area (Å²) >= 11 is 1.83. The highest BCUT2D eigenvalue weighted by Gasteiger charge is 2.60. The zero-order valence-corrected chi connectivity index (χ0v) is 22.1. The van der Waals surface area contributed by atoms with E-state index in [1.54, 1.807) is 26.0 Å². The molecule has 3 amide bonds. The van der Waals surface area contributed by atoms with E-state index in [9.17, 15) is 32.3 Å². The van der Waals surface area contributed by atoms with Gasteiger partial charge in [0.2, 0.25) is 17.7 Å². The summed E-state index contributed by atoms with van der Waals surface area (Å²) in [5, 5.41) is 2.10. The van der Waals surface area contributed by atoms with Crippen LogP contribution in [0.3, 0.4) is 0 Å². The van der Waals surface area contributed by atoms with E-state index >= 15 is 0 Å². The van der Waals surface area contributed by atoms with Crippen LogP contribution in [0.15, 0.2) is 58.4 Å². The molecule has 38 heavy (non-hydrogen) atoms. The topological polar surface area (TPSA) is 88.5 Å². The van der Waals surface area contributed by atoms with Crippen LogP contribution in [0, 0.1) is 12.8 Å². The average molecular weight is 562 g/mol. The van der Waals surface area contributed by atoms with Crippen molar-refractivity contribution in [3.05, 3.63) is 74.2 Å². The quantitative estimate of drug-likeness (QED) is 0.462. The number of para-hydroxylation sites is 2. The van der Waals surface area contributed by atoms with Gasteiger partial charge >= 0.3 is 11.0 Å². The second-order valence-corrected chi connectivity index (χ2v) is 11.8. The molecule has 2 aliphatic heterocycles. The molecular weight excluding hydrogens is 539 g/mol. The van der Waals surface area contributed by atoms with Crippen molar-refractivity contribution in [3.8, 4) is 0 Å². The fourth-order valence-electron chi connectivity index (χ4n) is 4.96. The van der Waals surface area contributed by atoms with Gasteiger partial charge < -0.3 is 5.32 Å². The number of aromatic nitrogens is 1. The number of aryl methyl sites for hydroxylation is 1. The standard InChI is InChI=1S/C26H22F3N3O4S2/c1-13-8-4-6-10-15(13)30-17(33)12-31-23-20(38-24(31)36)25(2,3)18-19(37-23)22(35)32(21(18)34)16-11-7-5-9-14(16)26(27,28)29/h4-11,18-19H,12H2,1-3H3,(H,30,33)/t18-,19+/m1/s1. The van der Waals surface area contributed by atoms with Gasteiger partial charge in [-0.15, -0.1) is 0 Å². The minimum Gasteiger partial charge on any atom is -0.324 e. The molecule has 0 unspecified atom stereocenters. The number of nitrogens with zero attached hydrogens (tertiary/aromatic N) is 2. The number of amides is 3. The van der Waals surface area contributed by atoms with Crippen LogP contribution in [0.2, 0.25) is 0 Å². The van der Waals surface area contributed by atoms with Crippen molar-refractivity contribution >= 4 is 52.2 Å². The summed E-state index contributed by atoms with van der Waals surface area (Å²) in [5.74, 6) is -2.96. The molecule has 1 fully saturated rings. The zero-order valence-electron chi connectivity index (χ0n) is 20.5. The molecule has 12 heteroatoms. The van der Waals surface area contributed by atoms with Crippen LogP contribution < -0.4 is 15.1 Å². The number of halogens is 3. The molecular formula is C26H22F3N3O4S2. The Balaban J connectivity index is 1.50. The van der Waals surface area contributed by atoms with Crippen molar-refractivity contribution in [3.63, 3.8) is 0 Å². The first-order chi connectivity index (χ1) is 17.8. The minimum absolute atomic E-state index is 0.317. The maximum Gasteiger partial charge on any atom is 0.418 e. The van der Waals surface area contributed by atoms with E-state index < -0.39 is 56.6 Å². The van der Waals surface area contributed by atoms with Crippen LogP contribution in [0.25, 0.3) is 0 Å². The molecule has 0 aliphatic carbocycles. The number of thiazole rings is 1. The highest BCUT2D eigenvalue weighted by Crippen LogP contribution is 2.55. The molecule has 5 rings (SSSR count). The van der Waals surface area contributed by atoms with Crippen molar-refractivity contribution in [2.45, 2.75) is 49.2 Å². The van der Waals surface area contributed by atoms with Crippen LogP contribution in [0.5, 0.6) is 0 Å². The lowest BCUT2D eigenvalue weighted by Gasteiger charge is -2.36. The number of thioether (sulfide) groups is 1. The van der Waals surface area contributed by atoms with Crippen LogP contribution >= 0.6 is 23.1 Å². The minimum atomic E-state index is -4.77. The number of imide groups is 1. The normalized spacial score (nSPS) is 20.3. The number of hydrogen-bond donors (Lipinski definition) is 1. The second-order valence-electron chi connectivity index (χ2n) is 9.72. The van der Waals surface area contributed by atoms with Gasteiger partial charge in [-0.3, -0.25) is 23.7 Å². The van der Waals surface area contributed by atoms with Gasteiger partial charge in [-0.1, -0.05) is 67.3 Å². The summed E-state index contributed by atoms with van der Waals surface area (Å²) in [7, 11) is 0. The Bertz CT molecular complexity index is 1540. The lowest BCUT2D eigenvalue weighted by Crippen LogP contribution is -2.42. The Morgan fingerprint density at radius 1 is 1.03 bits per heavy atom. The molecule has 198 valence electrons. The molecule has 3 aromatic rings. The fourth-order valence-corrected chi connectivity index (χ4v) is 8.00. The maximum atomic E-state index is 13.7. The van der Waals surface area contributed by atoms with Crippen molar-refractivity contribution in [1.82, 2.24) is 4.57 Å². The fraction of sp³-hybridized carbons (Fsp3) is 0.308. The van der Waals surface area contributed by atoms with Gasteiger partial charge in [-0.2, -0.15) is 13.2 Å². The van der Waals surface area contributed by atoms with E-state index in [4.69, 9.17) is 0 Å². The zero-order chi connectivity index (χ0) is 27.6. The molecule has 1 aromatic heterocycles. The highest BCUT2D eigenvalue weighted by molar-refractivity contribution is 8.00. The third-order valence-electron chi connectivity index (χ3n) is 6.87. The lowest BCUT2D eigenvalue weighted by molar-refractivity contribution is -0.137. The van der Waals surface area contributed by atoms with E-state index in [1.807, 2.05) is 19.1 Å². The Hall–Kier alpha value is -3.38. The van der Waals surface area contributed by atoms with Gasteiger partial charge in [-0.05, 0) is 30.7 Å². The lowest BCUT2D eigenvalue weighted by atomic mass is 9.76. The van der Waals surface area contributed by atoms with Crippen molar-refractivity contribution in [1.29, 1.82) is 0 Å². The molecule has 0 bridgehead atoms. The van der Waals surface area contributed by atoms with Gasteiger partial charge in [-0.25, -0.2) is 4.90 Å². The molecule has 3 heterocycles. The van der Waals surface area contributed by atoms with Gasteiger partial charge in [0.05, 0.1) is 22.2 Å². The molecule has 2 aliphatic rings. The molecule has 1 saturated heterocycles. The third-order valence-corrected chi connectivity index (χ3v) is 9.70. The first kappa shape index (κ1) is 26.2. The SMILES string of the molecule is Cc1ccccc1NC(=O)Cn1c2c(sc1=O)C(C)(C)[C@H]1C(=O)N(c3ccccc3C(F)(F)F)C(=O)[C@H]1S2. The van der Waals surface area contributed by atoms with Crippen molar-refractivity contribution < 1.29 is 27.6 Å². The first-order valence-corrected chi connectivity index (χ1v) is 13.3. The summed E-state index contributed by atoms with van der Waals surface area (Å²) in [6, 6.07) is 11.6. The van der Waals surface area contributed by atoms with E-state index in [1.165, 1.54) is 16.7 Å². The number of carbonyl (C=O) groups is 3. The predicted octanol–water partition coefficient (Wildman–Crippen LogP) is 4.82. The van der Waals surface area contributed by atoms with E-state index in [0.29, 0.717) is 20.5 Å². The maximum absolute atomic E-state index is 13.7. The molecule has 7 nitrogen and oxygen atoms in total. The van der Waals surface area contributed by atoms with Crippen LogP contribution in [0.1, 0.15) is 29.9 Å². The third kappa shape index (κ3) is 4.15. The monoisotopic (exact) mass is 561 g/mol. The molecule has 0 spiro atoms. The highest BCUT2D eigenvalue weighted by atomic mass is 32.2. The number of hydrogen-bond acceptors (Lipinski definition) is 6. The van der Waals surface area contributed by atoms with E-state index in [-0.39, 0.29) is 6.54 Å². The molecule has 1 N–H and O–H groups in total. The van der Waals surface area contributed by atoms with Crippen molar-refractivity contribution in [2.24, 2.45) is 5.92 Å². The summed E-state index contributed by atoms with van der Waals surface area (Å²) in [4.78, 5) is 53.5. The number of rotatable bonds is 4. The van der Waals surface area contributed by atoms with Gasteiger partial charge in [0.25, 0.3) is 0 Å². The van der Waals surface area contributed by atoms with E-state index in [2.05, 4.69) is 5.32 Å². The average Bonchev–Trinajstić information content (AvgIpc) is 3.29. The predicted molar refractivity (Wildman–Crippen MR) is 138 cm³/mol. The largest absolute Gasteiger partial charge is 0.418 e. The molecule has 2 atom stereocenters. The Labute approximate surface area is 223 Å². The number of alkyl halides is 3. The molecule has 2 aromatic carbocycles. The summed E-state index contributed by atoms with van der Waals surface area (Å²) in [5.41, 5.74) is -1.20. The summed E-state index contributed by atoms with van der Waals surface area (Å²) in [6.07, 6.45) is -4.77. The Kier molecular flexibility index (Phi) is 6.30. The number of fused-ring (bicyclic) bond motifs is 2. The Morgan fingerprint density at radius 2 is 1.68 bits per heavy atom. The van der Waals surface area contributed by atoms with Gasteiger partial charge in [0.1, 0.15) is 11.8 Å². The molecule has 0 radical (unpaired) electrons. The van der Waals surface area contributed by atoms with E-state index in [0.717, 1.165) is 40.8 Å². The van der Waals surface area contributed by atoms with Crippen LogP contribution in [0.4, 0.5) is 24.5 Å². The van der Waals surface area contributed by atoms with Crippen molar-refractivity contribution in [2.75, 3.05) is 10.2 Å². The Morgan fingerprint density at radius 3 is 2.37 bits per heavy atom. The number of nitrogens with one attached hydrogen (secondary N) is 1. The van der Waals surface area contributed by atoms with Crippen LogP contribution in [-0.2, 0) is 32.5 Å². The summed E-state index contributed by atoms with van der Waals surface area (Å²) < 4.78 is 42.4. The second kappa shape index (κ2) is 9.12. The van der Waals surface area contributed by atoms with Gasteiger partial charge in [0, 0.05) is 16.0 Å². The number of benzene rings is 2. The number of carbonyl (C=O) groups excluding carboxylic acids is 3.